The third kappa shape index (κ3) is 2.31. The molecule has 1 amide bonds. The lowest BCUT2D eigenvalue weighted by Gasteiger charge is -2.01. The number of carbonyl (C=O) groups excluding carboxylic acids is 1. The van der Waals surface area contributed by atoms with Crippen molar-refractivity contribution in [2.45, 2.75) is 6.92 Å². The summed E-state index contributed by atoms with van der Waals surface area (Å²) in [5, 5.41) is 2.58. The van der Waals surface area contributed by atoms with Crippen LogP contribution in [0.15, 0.2) is 22.8 Å². The van der Waals surface area contributed by atoms with E-state index in [2.05, 4.69) is 26.2 Å². The fourth-order valence-electron chi connectivity index (χ4n) is 0.644. The topological polar surface area (TPSA) is 42.0 Å². The van der Waals surface area contributed by atoms with Crippen molar-refractivity contribution in [3.05, 3.63) is 22.8 Å². The summed E-state index contributed by atoms with van der Waals surface area (Å²) in [7, 11) is 0. The molecular formula is C7H7BrN2O. The third-order valence-electron chi connectivity index (χ3n) is 1.05. The van der Waals surface area contributed by atoms with E-state index >= 15 is 0 Å². The Morgan fingerprint density at radius 2 is 2.45 bits per heavy atom. The zero-order valence-electron chi connectivity index (χ0n) is 5.97. The van der Waals surface area contributed by atoms with E-state index in [1.54, 1.807) is 12.3 Å². The maximum Gasteiger partial charge on any atom is 0.222 e. The first-order valence-electron chi connectivity index (χ1n) is 3.08. The van der Waals surface area contributed by atoms with Crippen molar-refractivity contribution in [3.63, 3.8) is 0 Å². The molecule has 1 heterocycles. The molecule has 0 aliphatic rings. The molecule has 0 radical (unpaired) electrons. The molecule has 0 aromatic carbocycles. The Kier molecular flexibility index (Phi) is 2.59. The molecular weight excluding hydrogens is 208 g/mol. The van der Waals surface area contributed by atoms with Crippen LogP contribution in [0, 0.1) is 0 Å². The molecule has 0 aliphatic carbocycles. The van der Waals surface area contributed by atoms with Gasteiger partial charge in [-0.2, -0.15) is 0 Å². The summed E-state index contributed by atoms with van der Waals surface area (Å²) in [5.41, 5.74) is 0. The quantitative estimate of drug-likeness (QED) is 0.775. The normalized spacial score (nSPS) is 9.27. The van der Waals surface area contributed by atoms with E-state index in [4.69, 9.17) is 0 Å². The lowest BCUT2D eigenvalue weighted by Crippen LogP contribution is -2.07. The number of anilines is 1. The van der Waals surface area contributed by atoms with Crippen molar-refractivity contribution in [3.8, 4) is 0 Å². The molecule has 0 atom stereocenters. The van der Waals surface area contributed by atoms with E-state index in [0.29, 0.717) is 5.82 Å². The van der Waals surface area contributed by atoms with Crippen LogP contribution in [0.5, 0.6) is 0 Å². The van der Waals surface area contributed by atoms with Gasteiger partial charge in [0.2, 0.25) is 5.91 Å². The number of nitrogens with one attached hydrogen (secondary N) is 1. The highest BCUT2D eigenvalue weighted by Gasteiger charge is 1.99. The van der Waals surface area contributed by atoms with Crippen molar-refractivity contribution in [2.75, 3.05) is 5.32 Å². The predicted octanol–water partition coefficient (Wildman–Crippen LogP) is 1.80. The van der Waals surface area contributed by atoms with E-state index in [1.807, 2.05) is 6.07 Å². The second kappa shape index (κ2) is 3.48. The van der Waals surface area contributed by atoms with Gasteiger partial charge in [-0.05, 0) is 28.1 Å². The predicted molar refractivity (Wildman–Crippen MR) is 46.2 cm³/mol. The van der Waals surface area contributed by atoms with Crippen LogP contribution in [0.25, 0.3) is 0 Å². The maximum atomic E-state index is 10.6. The summed E-state index contributed by atoms with van der Waals surface area (Å²) in [5.74, 6) is 0.435. The molecule has 0 spiro atoms. The van der Waals surface area contributed by atoms with Crippen LogP contribution >= 0.6 is 15.9 Å². The highest BCUT2D eigenvalue weighted by atomic mass is 79.9. The van der Waals surface area contributed by atoms with Gasteiger partial charge in [0.15, 0.2) is 0 Å². The molecule has 1 N–H and O–H groups in total. The van der Waals surface area contributed by atoms with E-state index in [-0.39, 0.29) is 5.91 Å². The first-order chi connectivity index (χ1) is 5.20. The number of hydrogen-bond acceptors (Lipinski definition) is 2. The number of aromatic nitrogens is 1. The second-order valence-corrected chi connectivity index (χ2v) is 2.87. The van der Waals surface area contributed by atoms with Crippen LogP contribution in [0.1, 0.15) is 6.92 Å². The smallest absolute Gasteiger partial charge is 0.222 e. The number of hydrogen-bond donors (Lipinski definition) is 1. The third-order valence-corrected chi connectivity index (χ3v) is 1.69. The molecule has 1 aromatic heterocycles. The van der Waals surface area contributed by atoms with Gasteiger partial charge in [0.1, 0.15) is 5.82 Å². The van der Waals surface area contributed by atoms with Crippen LogP contribution in [-0.2, 0) is 4.79 Å². The molecule has 58 valence electrons. The summed E-state index contributed by atoms with van der Waals surface area (Å²) in [6.07, 6.45) is 1.62. The van der Waals surface area contributed by atoms with E-state index in [1.165, 1.54) is 6.92 Å². The summed E-state index contributed by atoms with van der Waals surface area (Å²) in [6.45, 7) is 1.45. The average Bonchev–Trinajstić information content (AvgIpc) is 1.93. The Hall–Kier alpha value is -0.900. The Labute approximate surface area is 73.0 Å². The van der Waals surface area contributed by atoms with E-state index < -0.39 is 0 Å². The molecule has 0 saturated heterocycles. The lowest BCUT2D eigenvalue weighted by molar-refractivity contribution is -0.114. The largest absolute Gasteiger partial charge is 0.310 e. The first-order valence-corrected chi connectivity index (χ1v) is 3.87. The van der Waals surface area contributed by atoms with Gasteiger partial charge < -0.3 is 5.32 Å². The van der Waals surface area contributed by atoms with Gasteiger partial charge in [-0.1, -0.05) is 0 Å². The summed E-state index contributed by atoms with van der Waals surface area (Å²) >= 11 is 3.25. The molecule has 1 aromatic rings. The van der Waals surface area contributed by atoms with Crippen LogP contribution in [-0.4, -0.2) is 10.9 Å². The minimum absolute atomic E-state index is 0.121. The molecule has 11 heavy (non-hydrogen) atoms. The van der Waals surface area contributed by atoms with Crippen LogP contribution in [0.2, 0.25) is 0 Å². The SMILES string of the molecule is CC(=O)Nc1ncccc1Br. The molecule has 0 saturated carbocycles. The van der Waals surface area contributed by atoms with Gasteiger partial charge in [0, 0.05) is 13.1 Å². The average molecular weight is 215 g/mol. The highest BCUT2D eigenvalue weighted by molar-refractivity contribution is 9.10. The molecule has 0 fully saturated rings. The van der Waals surface area contributed by atoms with Crippen molar-refractivity contribution >= 4 is 27.7 Å². The Bertz CT molecular complexity index is 275. The number of rotatable bonds is 1. The number of carbonyl (C=O) groups is 1. The molecule has 0 unspecified atom stereocenters. The zero-order chi connectivity index (χ0) is 8.27. The number of amides is 1. The monoisotopic (exact) mass is 214 g/mol. The van der Waals surface area contributed by atoms with Crippen molar-refractivity contribution < 1.29 is 4.79 Å². The minimum Gasteiger partial charge on any atom is -0.310 e. The van der Waals surface area contributed by atoms with Gasteiger partial charge in [0.05, 0.1) is 4.47 Å². The lowest BCUT2D eigenvalue weighted by atomic mass is 10.4. The number of nitrogens with zero attached hydrogens (tertiary/aromatic N) is 1. The standard InChI is InChI=1S/C7H7BrN2O/c1-5(11)10-7-6(8)3-2-4-9-7/h2-4H,1H3,(H,9,10,11). The summed E-state index contributed by atoms with van der Waals surface area (Å²) < 4.78 is 0.787. The van der Waals surface area contributed by atoms with Gasteiger partial charge in [-0.15, -0.1) is 0 Å². The fourth-order valence-corrected chi connectivity index (χ4v) is 0.999. The van der Waals surface area contributed by atoms with Crippen molar-refractivity contribution in [2.24, 2.45) is 0 Å². The Morgan fingerprint density at radius 1 is 1.73 bits per heavy atom. The van der Waals surface area contributed by atoms with Gasteiger partial charge >= 0.3 is 0 Å². The van der Waals surface area contributed by atoms with Crippen molar-refractivity contribution in [1.29, 1.82) is 0 Å². The van der Waals surface area contributed by atoms with Crippen LogP contribution in [0.3, 0.4) is 0 Å². The van der Waals surface area contributed by atoms with Gasteiger partial charge in [0.25, 0.3) is 0 Å². The number of halogens is 1. The van der Waals surface area contributed by atoms with Gasteiger partial charge in [-0.3, -0.25) is 4.79 Å². The Balaban J connectivity index is 2.86. The second-order valence-electron chi connectivity index (χ2n) is 2.02. The summed E-state index contributed by atoms with van der Waals surface area (Å²) in [6, 6.07) is 3.60. The van der Waals surface area contributed by atoms with E-state index in [9.17, 15) is 4.79 Å². The number of pyridine rings is 1. The van der Waals surface area contributed by atoms with E-state index in [0.717, 1.165) is 4.47 Å². The molecule has 3 nitrogen and oxygen atoms in total. The molecule has 0 bridgehead atoms. The summed E-state index contributed by atoms with van der Waals surface area (Å²) in [4.78, 5) is 14.5. The van der Waals surface area contributed by atoms with Crippen LogP contribution in [0.4, 0.5) is 5.82 Å². The Morgan fingerprint density at radius 3 is 3.00 bits per heavy atom. The molecule has 1 rings (SSSR count). The zero-order valence-corrected chi connectivity index (χ0v) is 7.55. The molecule has 0 aliphatic heterocycles. The molecule has 4 heteroatoms. The van der Waals surface area contributed by atoms with Crippen molar-refractivity contribution in [1.82, 2.24) is 4.98 Å². The minimum atomic E-state index is -0.121. The maximum absolute atomic E-state index is 10.6. The highest BCUT2D eigenvalue weighted by Crippen LogP contribution is 2.17. The van der Waals surface area contributed by atoms with Gasteiger partial charge in [-0.25, -0.2) is 4.98 Å². The first kappa shape index (κ1) is 8.20. The van der Waals surface area contributed by atoms with Crippen LogP contribution < -0.4 is 5.32 Å². The fraction of sp³-hybridized carbons (Fsp3) is 0.143.